The van der Waals surface area contributed by atoms with Crippen molar-refractivity contribution >= 4 is 0 Å². The van der Waals surface area contributed by atoms with Crippen LogP contribution < -0.4 is 5.73 Å². The molecule has 26 heavy (non-hydrogen) atoms. The number of nitrogens with zero attached hydrogens (tertiary/aromatic N) is 1. The number of nitrogens with two attached hydrogens (primary N) is 1. The van der Waals surface area contributed by atoms with E-state index in [4.69, 9.17) is 15.2 Å². The van der Waals surface area contributed by atoms with Gasteiger partial charge in [0.25, 0.3) is 0 Å². The maximum Gasteiger partial charge on any atom is 0.196 e. The van der Waals surface area contributed by atoms with Crippen LogP contribution in [-0.4, -0.2) is 11.5 Å². The molecule has 0 aliphatic heterocycles. The van der Waals surface area contributed by atoms with Crippen molar-refractivity contribution in [1.29, 1.82) is 0 Å². The van der Waals surface area contributed by atoms with Crippen molar-refractivity contribution in [3.05, 3.63) is 102 Å². The molecule has 0 saturated carbocycles. The molecule has 0 saturated heterocycles. The van der Waals surface area contributed by atoms with Gasteiger partial charge in [-0.15, -0.1) is 0 Å². The highest BCUT2D eigenvalue weighted by atomic mass is 16.7. The van der Waals surface area contributed by atoms with E-state index >= 15 is 0 Å². The van der Waals surface area contributed by atoms with E-state index in [1.165, 1.54) is 0 Å². The summed E-state index contributed by atoms with van der Waals surface area (Å²) in [5, 5.41) is 0. The van der Waals surface area contributed by atoms with Gasteiger partial charge in [-0.05, 0) is 29.8 Å². The van der Waals surface area contributed by atoms with Gasteiger partial charge < -0.3 is 15.2 Å². The molecule has 0 aliphatic carbocycles. The second kappa shape index (κ2) is 9.25. The SMILES string of the molecule is NCCC(OCc1ccccc1)(OCc1ccccc1)c1ccncc1. The predicted octanol–water partition coefficient (Wildman–Crippen LogP) is 4.02. The quantitative estimate of drug-likeness (QED) is 0.594. The average Bonchev–Trinajstić information content (AvgIpc) is 2.72. The molecule has 2 aromatic carbocycles. The van der Waals surface area contributed by atoms with Gasteiger partial charge in [-0.2, -0.15) is 0 Å². The molecule has 1 aromatic heterocycles. The fourth-order valence-corrected chi connectivity index (χ4v) is 2.84. The lowest BCUT2D eigenvalue weighted by atomic mass is 10.0. The molecule has 0 bridgehead atoms. The fraction of sp³-hybridized carbons (Fsp3) is 0.227. The van der Waals surface area contributed by atoms with Crippen LogP contribution in [-0.2, 0) is 28.5 Å². The molecule has 0 unspecified atom stereocenters. The second-order valence-corrected chi connectivity index (χ2v) is 6.08. The highest BCUT2D eigenvalue weighted by Crippen LogP contribution is 2.33. The van der Waals surface area contributed by atoms with E-state index in [1.807, 2.05) is 72.8 Å². The first-order valence-electron chi connectivity index (χ1n) is 8.79. The van der Waals surface area contributed by atoms with Gasteiger partial charge in [0.05, 0.1) is 13.2 Å². The number of pyridine rings is 1. The van der Waals surface area contributed by atoms with Crippen LogP contribution in [0.15, 0.2) is 85.2 Å². The summed E-state index contributed by atoms with van der Waals surface area (Å²) in [6.45, 7) is 1.34. The molecule has 0 aliphatic rings. The molecule has 134 valence electrons. The number of hydrogen-bond donors (Lipinski definition) is 1. The topological polar surface area (TPSA) is 57.4 Å². The van der Waals surface area contributed by atoms with Crippen LogP contribution in [0, 0.1) is 0 Å². The molecule has 1 heterocycles. The lowest BCUT2D eigenvalue weighted by Crippen LogP contribution is -2.35. The van der Waals surface area contributed by atoms with Crippen LogP contribution in [0.3, 0.4) is 0 Å². The first kappa shape index (κ1) is 18.3. The highest BCUT2D eigenvalue weighted by molar-refractivity contribution is 5.19. The lowest BCUT2D eigenvalue weighted by molar-refractivity contribution is -0.262. The zero-order valence-electron chi connectivity index (χ0n) is 14.8. The van der Waals surface area contributed by atoms with Crippen molar-refractivity contribution in [2.75, 3.05) is 6.54 Å². The van der Waals surface area contributed by atoms with E-state index in [9.17, 15) is 0 Å². The average molecular weight is 348 g/mol. The summed E-state index contributed by atoms with van der Waals surface area (Å²) in [4.78, 5) is 4.11. The van der Waals surface area contributed by atoms with E-state index in [2.05, 4.69) is 4.98 Å². The van der Waals surface area contributed by atoms with Crippen molar-refractivity contribution in [2.45, 2.75) is 25.4 Å². The third-order valence-electron chi connectivity index (χ3n) is 4.22. The van der Waals surface area contributed by atoms with Crippen LogP contribution in [0.5, 0.6) is 0 Å². The van der Waals surface area contributed by atoms with Crippen molar-refractivity contribution in [3.63, 3.8) is 0 Å². The molecule has 0 fully saturated rings. The Morgan fingerprint density at radius 3 is 1.69 bits per heavy atom. The summed E-state index contributed by atoms with van der Waals surface area (Å²) in [5.74, 6) is -0.913. The maximum absolute atomic E-state index is 6.33. The van der Waals surface area contributed by atoms with Crippen molar-refractivity contribution in [1.82, 2.24) is 4.98 Å². The molecule has 0 atom stereocenters. The summed E-state index contributed by atoms with van der Waals surface area (Å²) < 4.78 is 12.7. The van der Waals surface area contributed by atoms with Crippen LogP contribution in [0.1, 0.15) is 23.1 Å². The molecule has 2 N–H and O–H groups in total. The Kier molecular flexibility index (Phi) is 6.50. The van der Waals surface area contributed by atoms with E-state index < -0.39 is 5.79 Å². The highest BCUT2D eigenvalue weighted by Gasteiger charge is 2.34. The largest absolute Gasteiger partial charge is 0.341 e. The van der Waals surface area contributed by atoms with Gasteiger partial charge >= 0.3 is 0 Å². The zero-order valence-corrected chi connectivity index (χ0v) is 14.8. The summed E-state index contributed by atoms with van der Waals surface area (Å²) in [6, 6.07) is 24.0. The third kappa shape index (κ3) is 4.76. The molecule has 0 spiro atoms. The van der Waals surface area contributed by atoms with Gasteiger partial charge in [0.1, 0.15) is 0 Å². The molecule has 0 radical (unpaired) electrons. The fourth-order valence-electron chi connectivity index (χ4n) is 2.84. The zero-order chi connectivity index (χ0) is 18.1. The molecular formula is C22H24N2O2. The van der Waals surface area contributed by atoms with E-state index in [-0.39, 0.29) is 0 Å². The Bertz CT molecular complexity index is 720. The predicted molar refractivity (Wildman–Crippen MR) is 102 cm³/mol. The van der Waals surface area contributed by atoms with Crippen LogP contribution >= 0.6 is 0 Å². The standard InChI is InChI=1S/C22H24N2O2/c23-14-13-22(21-11-15-24-16-12-21,25-17-19-7-3-1-4-8-19)26-18-20-9-5-2-6-10-20/h1-12,15-16H,13-14,17-18,23H2. The Hall–Kier alpha value is -2.53. The van der Waals surface area contributed by atoms with E-state index in [0.717, 1.165) is 16.7 Å². The molecule has 4 nitrogen and oxygen atoms in total. The first-order valence-corrected chi connectivity index (χ1v) is 8.79. The Morgan fingerprint density at radius 1 is 0.731 bits per heavy atom. The molecule has 4 heteroatoms. The van der Waals surface area contributed by atoms with Gasteiger partial charge in [-0.3, -0.25) is 4.98 Å². The van der Waals surface area contributed by atoms with Crippen molar-refractivity contribution in [3.8, 4) is 0 Å². The minimum atomic E-state index is -0.913. The maximum atomic E-state index is 6.33. The lowest BCUT2D eigenvalue weighted by Gasteiger charge is -2.34. The molecule has 0 amide bonds. The Labute approximate surface area is 154 Å². The third-order valence-corrected chi connectivity index (χ3v) is 4.22. The number of aromatic nitrogens is 1. The first-order chi connectivity index (χ1) is 12.8. The minimum absolute atomic E-state index is 0.442. The minimum Gasteiger partial charge on any atom is -0.341 e. The Balaban J connectivity index is 1.84. The van der Waals surface area contributed by atoms with Gasteiger partial charge in [0.2, 0.25) is 0 Å². The number of hydrogen-bond acceptors (Lipinski definition) is 4. The Morgan fingerprint density at radius 2 is 1.23 bits per heavy atom. The summed E-state index contributed by atoms with van der Waals surface area (Å²) in [5.41, 5.74) is 9.01. The summed E-state index contributed by atoms with van der Waals surface area (Å²) in [7, 11) is 0. The monoisotopic (exact) mass is 348 g/mol. The van der Waals surface area contributed by atoms with Gasteiger partial charge in [-0.25, -0.2) is 0 Å². The van der Waals surface area contributed by atoms with Crippen LogP contribution in [0.25, 0.3) is 0 Å². The van der Waals surface area contributed by atoms with Crippen molar-refractivity contribution < 1.29 is 9.47 Å². The summed E-state index contributed by atoms with van der Waals surface area (Å²) >= 11 is 0. The van der Waals surface area contributed by atoms with E-state index in [0.29, 0.717) is 26.2 Å². The van der Waals surface area contributed by atoms with Crippen molar-refractivity contribution in [2.24, 2.45) is 5.73 Å². The molecule has 3 aromatic rings. The number of benzene rings is 2. The van der Waals surface area contributed by atoms with E-state index in [1.54, 1.807) is 12.4 Å². The van der Waals surface area contributed by atoms with Crippen LogP contribution in [0.2, 0.25) is 0 Å². The second-order valence-electron chi connectivity index (χ2n) is 6.08. The molecule has 3 rings (SSSR count). The smallest absolute Gasteiger partial charge is 0.196 e. The normalized spacial score (nSPS) is 11.4. The van der Waals surface area contributed by atoms with Gasteiger partial charge in [0.15, 0.2) is 5.79 Å². The van der Waals surface area contributed by atoms with Gasteiger partial charge in [0, 0.05) is 24.4 Å². The number of rotatable bonds is 9. The summed E-state index contributed by atoms with van der Waals surface area (Å²) in [6.07, 6.45) is 4.05. The van der Waals surface area contributed by atoms with Gasteiger partial charge in [-0.1, -0.05) is 60.7 Å². The van der Waals surface area contributed by atoms with Crippen LogP contribution in [0.4, 0.5) is 0 Å². The molecular weight excluding hydrogens is 324 g/mol. The number of ether oxygens (including phenoxy) is 2.